The highest BCUT2D eigenvalue weighted by Gasteiger charge is 2.36. The van der Waals surface area contributed by atoms with Crippen molar-refractivity contribution in [3.8, 4) is 5.75 Å². The fourth-order valence-corrected chi connectivity index (χ4v) is 2.62. The Morgan fingerprint density at radius 3 is 2.95 bits per heavy atom. The molecular formula is C14H17N5O3. The Labute approximate surface area is 126 Å². The number of nitrogens with zero attached hydrogens (tertiary/aromatic N) is 3. The molecule has 22 heavy (non-hydrogen) atoms. The highest BCUT2D eigenvalue weighted by Crippen LogP contribution is 2.38. The Hall–Kier alpha value is -2.48. The van der Waals surface area contributed by atoms with Gasteiger partial charge in [-0.15, -0.1) is 0 Å². The third-order valence-corrected chi connectivity index (χ3v) is 3.87. The molecule has 1 aliphatic rings. The molecule has 2 heterocycles. The lowest BCUT2D eigenvalue weighted by atomic mass is 9.75. The summed E-state index contributed by atoms with van der Waals surface area (Å²) in [6.07, 6.45) is 5.54. The van der Waals surface area contributed by atoms with E-state index in [1.165, 1.54) is 6.33 Å². The minimum absolute atomic E-state index is 0.149. The molecule has 2 aromatic heterocycles. The Bertz CT molecular complexity index is 640. The number of ether oxygens (including phenoxy) is 1. The van der Waals surface area contributed by atoms with Crippen molar-refractivity contribution in [2.75, 3.05) is 7.11 Å². The fraction of sp³-hybridized carbons (Fsp3) is 0.429. The van der Waals surface area contributed by atoms with Crippen molar-refractivity contribution in [2.45, 2.75) is 25.0 Å². The number of rotatable bonds is 5. The number of methoxy groups -OCH3 is 1. The number of aliphatic hydroxyl groups is 1. The summed E-state index contributed by atoms with van der Waals surface area (Å²) in [5.41, 5.74) is 0.837. The number of aromatic amines is 1. The number of hydrogen-bond acceptors (Lipinski definition) is 6. The van der Waals surface area contributed by atoms with Gasteiger partial charge in [0, 0.05) is 6.20 Å². The van der Waals surface area contributed by atoms with Crippen LogP contribution in [-0.2, 0) is 0 Å². The van der Waals surface area contributed by atoms with Crippen LogP contribution in [0.5, 0.6) is 5.75 Å². The Kier molecular flexibility index (Phi) is 4.01. The van der Waals surface area contributed by atoms with Gasteiger partial charge in [0.05, 0.1) is 25.5 Å². The Balaban J connectivity index is 1.82. The van der Waals surface area contributed by atoms with E-state index in [0.29, 0.717) is 18.6 Å². The average molecular weight is 303 g/mol. The third-order valence-electron chi connectivity index (χ3n) is 3.87. The molecule has 0 bridgehead atoms. The van der Waals surface area contributed by atoms with Crippen LogP contribution in [0.25, 0.3) is 0 Å². The lowest BCUT2D eigenvalue weighted by molar-refractivity contribution is 0.0233. The van der Waals surface area contributed by atoms with Crippen LogP contribution < -0.4 is 10.1 Å². The smallest absolute Gasteiger partial charge is 0.289 e. The van der Waals surface area contributed by atoms with Crippen molar-refractivity contribution in [3.63, 3.8) is 0 Å². The summed E-state index contributed by atoms with van der Waals surface area (Å²) in [7, 11) is 1.57. The maximum atomic E-state index is 12.2. The summed E-state index contributed by atoms with van der Waals surface area (Å²) in [5.74, 6) is 0.583. The maximum absolute atomic E-state index is 12.2. The normalized spacial score (nSPS) is 21.7. The number of aromatic nitrogens is 4. The molecule has 1 aliphatic carbocycles. The molecule has 0 spiro atoms. The number of aliphatic hydroxyl groups excluding tert-OH is 1. The second-order valence-corrected chi connectivity index (χ2v) is 5.33. The predicted molar refractivity (Wildman–Crippen MR) is 76.1 cm³/mol. The Morgan fingerprint density at radius 2 is 2.32 bits per heavy atom. The molecule has 116 valence electrons. The molecule has 8 nitrogen and oxygen atoms in total. The molecule has 2 aromatic rings. The van der Waals surface area contributed by atoms with E-state index in [-0.39, 0.29) is 29.8 Å². The molecule has 3 N–H and O–H groups in total. The monoisotopic (exact) mass is 303 g/mol. The zero-order chi connectivity index (χ0) is 15.5. The van der Waals surface area contributed by atoms with E-state index in [9.17, 15) is 9.90 Å². The zero-order valence-electron chi connectivity index (χ0n) is 12.1. The van der Waals surface area contributed by atoms with Crippen LogP contribution in [0.3, 0.4) is 0 Å². The molecule has 1 saturated carbocycles. The van der Waals surface area contributed by atoms with E-state index in [4.69, 9.17) is 4.74 Å². The van der Waals surface area contributed by atoms with Gasteiger partial charge in [0.2, 0.25) is 5.82 Å². The number of hydrogen-bond donors (Lipinski definition) is 3. The topological polar surface area (TPSA) is 113 Å². The number of pyridine rings is 1. The van der Waals surface area contributed by atoms with Gasteiger partial charge in [-0.3, -0.25) is 14.9 Å². The maximum Gasteiger partial charge on any atom is 0.289 e. The van der Waals surface area contributed by atoms with Gasteiger partial charge in [0.1, 0.15) is 12.1 Å². The van der Waals surface area contributed by atoms with Crippen molar-refractivity contribution in [2.24, 2.45) is 5.92 Å². The van der Waals surface area contributed by atoms with Crippen LogP contribution in [-0.4, -0.2) is 44.4 Å². The van der Waals surface area contributed by atoms with Crippen LogP contribution in [0.1, 0.15) is 35.1 Å². The molecule has 1 amide bonds. The second-order valence-electron chi connectivity index (χ2n) is 5.33. The SMILES string of the molecule is COc1cncc([C@@H](NC(=O)c2ncn[nH]2)C2CC(O)C2)c1. The van der Waals surface area contributed by atoms with Crippen LogP contribution >= 0.6 is 0 Å². The molecule has 1 fully saturated rings. The van der Waals surface area contributed by atoms with Gasteiger partial charge in [-0.2, -0.15) is 5.10 Å². The molecule has 3 rings (SSSR count). The van der Waals surface area contributed by atoms with Gasteiger partial charge in [0.15, 0.2) is 0 Å². The minimum Gasteiger partial charge on any atom is -0.495 e. The quantitative estimate of drug-likeness (QED) is 0.739. The first-order valence-electron chi connectivity index (χ1n) is 7.00. The summed E-state index contributed by atoms with van der Waals surface area (Å²) < 4.78 is 5.18. The number of amides is 1. The van der Waals surface area contributed by atoms with Crippen molar-refractivity contribution in [1.82, 2.24) is 25.5 Å². The highest BCUT2D eigenvalue weighted by atomic mass is 16.5. The number of carbonyl (C=O) groups excluding carboxylic acids is 1. The summed E-state index contributed by atoms with van der Waals surface area (Å²) in [5, 5.41) is 18.7. The molecule has 0 aliphatic heterocycles. The van der Waals surface area contributed by atoms with Crippen LogP contribution in [0.15, 0.2) is 24.8 Å². The zero-order valence-corrected chi connectivity index (χ0v) is 12.1. The lowest BCUT2D eigenvalue weighted by Gasteiger charge is -2.38. The first-order chi connectivity index (χ1) is 10.7. The molecule has 1 atom stereocenters. The van der Waals surface area contributed by atoms with E-state index in [1.54, 1.807) is 19.5 Å². The summed E-state index contributed by atoms with van der Waals surface area (Å²) in [4.78, 5) is 20.2. The minimum atomic E-state index is -0.341. The summed E-state index contributed by atoms with van der Waals surface area (Å²) >= 11 is 0. The molecule has 0 radical (unpaired) electrons. The van der Waals surface area contributed by atoms with E-state index in [2.05, 4.69) is 25.5 Å². The largest absolute Gasteiger partial charge is 0.495 e. The lowest BCUT2D eigenvalue weighted by Crippen LogP contribution is -2.41. The molecular weight excluding hydrogens is 286 g/mol. The van der Waals surface area contributed by atoms with Crippen LogP contribution in [0.2, 0.25) is 0 Å². The summed E-state index contributed by atoms with van der Waals surface area (Å²) in [6.45, 7) is 0. The van der Waals surface area contributed by atoms with Crippen LogP contribution in [0.4, 0.5) is 0 Å². The van der Waals surface area contributed by atoms with Gasteiger partial charge < -0.3 is 15.2 Å². The van der Waals surface area contributed by atoms with Crippen molar-refractivity contribution < 1.29 is 14.6 Å². The molecule has 0 unspecified atom stereocenters. The first kappa shape index (κ1) is 14.5. The first-order valence-corrected chi connectivity index (χ1v) is 7.00. The molecule has 0 aromatic carbocycles. The standard InChI is InChI=1S/C14H17N5O3/c1-22-11-4-9(5-15-6-11)12(8-2-10(20)3-8)18-14(21)13-16-7-17-19-13/h4-8,10,12,20H,2-3H2,1H3,(H,18,21)(H,16,17,19)/t8?,10?,12-/m0/s1. The van der Waals surface area contributed by atoms with Gasteiger partial charge in [-0.05, 0) is 30.4 Å². The van der Waals surface area contributed by atoms with Gasteiger partial charge >= 0.3 is 0 Å². The predicted octanol–water partition coefficient (Wildman–Crippen LogP) is 0.450. The van der Waals surface area contributed by atoms with E-state index < -0.39 is 0 Å². The Morgan fingerprint density at radius 1 is 1.50 bits per heavy atom. The van der Waals surface area contributed by atoms with Crippen LogP contribution in [0, 0.1) is 5.92 Å². The van der Waals surface area contributed by atoms with E-state index >= 15 is 0 Å². The second kappa shape index (κ2) is 6.10. The van der Waals surface area contributed by atoms with Crippen molar-refractivity contribution in [3.05, 3.63) is 36.2 Å². The number of H-pyrrole nitrogens is 1. The molecule has 8 heteroatoms. The fourth-order valence-electron chi connectivity index (χ4n) is 2.62. The number of nitrogens with one attached hydrogen (secondary N) is 2. The molecule has 0 saturated heterocycles. The summed E-state index contributed by atoms with van der Waals surface area (Å²) in [6, 6.07) is 1.58. The van der Waals surface area contributed by atoms with Gasteiger partial charge in [-0.1, -0.05) is 0 Å². The van der Waals surface area contributed by atoms with Crippen molar-refractivity contribution >= 4 is 5.91 Å². The van der Waals surface area contributed by atoms with Crippen molar-refractivity contribution in [1.29, 1.82) is 0 Å². The average Bonchev–Trinajstić information content (AvgIpc) is 3.04. The van der Waals surface area contributed by atoms with E-state index in [0.717, 1.165) is 5.56 Å². The highest BCUT2D eigenvalue weighted by molar-refractivity contribution is 5.90. The van der Waals surface area contributed by atoms with E-state index in [1.807, 2.05) is 6.07 Å². The van der Waals surface area contributed by atoms with Gasteiger partial charge in [-0.25, -0.2) is 4.98 Å². The number of carbonyl (C=O) groups is 1. The third kappa shape index (κ3) is 2.91. The van der Waals surface area contributed by atoms with Gasteiger partial charge in [0.25, 0.3) is 5.91 Å².